The van der Waals surface area contributed by atoms with Gasteiger partial charge in [0, 0.05) is 38.3 Å². The van der Waals surface area contributed by atoms with Crippen LogP contribution in [0.25, 0.3) is 0 Å². The Kier molecular flexibility index (Phi) is 4.24. The van der Waals surface area contributed by atoms with Crippen LogP contribution in [0, 0.1) is 11.8 Å². The summed E-state index contributed by atoms with van der Waals surface area (Å²) in [6, 6.07) is 0.211. The Morgan fingerprint density at radius 2 is 2.21 bits per heavy atom. The summed E-state index contributed by atoms with van der Waals surface area (Å²) in [6.07, 6.45) is 3.87. The molecule has 0 bridgehead atoms. The third-order valence-corrected chi connectivity index (χ3v) is 4.07. The fourth-order valence-corrected chi connectivity index (χ4v) is 2.43. The number of carbonyl (C=O) groups excluding carboxylic acids is 1. The largest absolute Gasteiger partial charge is 0.353 e. The van der Waals surface area contributed by atoms with Crippen LogP contribution in [0.5, 0.6) is 0 Å². The Labute approximate surface area is 114 Å². The number of amides is 1. The minimum Gasteiger partial charge on any atom is -0.353 e. The van der Waals surface area contributed by atoms with Crippen LogP contribution in [0.1, 0.15) is 32.3 Å². The van der Waals surface area contributed by atoms with E-state index in [1.54, 1.807) is 4.68 Å². The standard InChI is InChI=1S/C14H24N4O/c1-9(2)10(3)17-14(19)13-7-15-6-12(13)11-5-16-18(4)8-11/h5,8-10,12-13,15H,6-7H2,1-4H3,(H,17,19)/t10?,12-,13+/m1/s1. The first kappa shape index (κ1) is 14.1. The monoisotopic (exact) mass is 264 g/mol. The third kappa shape index (κ3) is 3.15. The van der Waals surface area contributed by atoms with Gasteiger partial charge in [-0.2, -0.15) is 5.10 Å². The van der Waals surface area contributed by atoms with E-state index < -0.39 is 0 Å². The molecule has 19 heavy (non-hydrogen) atoms. The fourth-order valence-electron chi connectivity index (χ4n) is 2.43. The first-order valence-corrected chi connectivity index (χ1v) is 6.98. The zero-order chi connectivity index (χ0) is 14.0. The Bertz CT molecular complexity index is 440. The van der Waals surface area contributed by atoms with Gasteiger partial charge in [0.25, 0.3) is 0 Å². The van der Waals surface area contributed by atoms with Gasteiger partial charge in [-0.3, -0.25) is 9.48 Å². The molecule has 2 N–H and O–H groups in total. The molecule has 5 nitrogen and oxygen atoms in total. The minimum atomic E-state index is 0.00500. The van der Waals surface area contributed by atoms with Crippen molar-refractivity contribution in [3.63, 3.8) is 0 Å². The molecule has 0 radical (unpaired) electrons. The highest BCUT2D eigenvalue weighted by Crippen LogP contribution is 2.28. The van der Waals surface area contributed by atoms with E-state index in [4.69, 9.17) is 0 Å². The van der Waals surface area contributed by atoms with Crippen LogP contribution in [0.3, 0.4) is 0 Å². The second kappa shape index (κ2) is 5.74. The van der Waals surface area contributed by atoms with Gasteiger partial charge < -0.3 is 10.6 Å². The van der Waals surface area contributed by atoms with Crippen molar-refractivity contribution in [3.05, 3.63) is 18.0 Å². The normalized spacial score (nSPS) is 24.7. The van der Waals surface area contributed by atoms with Gasteiger partial charge in [0.15, 0.2) is 0 Å². The molecule has 3 atom stereocenters. The van der Waals surface area contributed by atoms with Gasteiger partial charge >= 0.3 is 0 Å². The first-order chi connectivity index (χ1) is 8.99. The highest BCUT2D eigenvalue weighted by Gasteiger charge is 2.35. The predicted molar refractivity (Wildman–Crippen MR) is 74.8 cm³/mol. The lowest BCUT2D eigenvalue weighted by molar-refractivity contribution is -0.125. The molecule has 0 aromatic carbocycles. The first-order valence-electron chi connectivity index (χ1n) is 6.98. The van der Waals surface area contributed by atoms with Gasteiger partial charge in [-0.15, -0.1) is 0 Å². The van der Waals surface area contributed by atoms with Crippen molar-refractivity contribution in [1.82, 2.24) is 20.4 Å². The number of rotatable bonds is 4. The molecule has 1 amide bonds. The molecule has 1 saturated heterocycles. The van der Waals surface area contributed by atoms with E-state index in [1.807, 2.05) is 19.4 Å². The maximum Gasteiger partial charge on any atom is 0.225 e. The van der Waals surface area contributed by atoms with Gasteiger partial charge in [-0.1, -0.05) is 13.8 Å². The van der Waals surface area contributed by atoms with Gasteiger partial charge in [-0.05, 0) is 18.4 Å². The summed E-state index contributed by atoms with van der Waals surface area (Å²) in [5.41, 5.74) is 1.14. The predicted octanol–water partition coefficient (Wildman–Crippen LogP) is 0.884. The third-order valence-electron chi connectivity index (χ3n) is 4.07. The number of nitrogens with zero attached hydrogens (tertiary/aromatic N) is 2. The van der Waals surface area contributed by atoms with E-state index in [0.717, 1.165) is 18.7 Å². The number of aryl methyl sites for hydroxylation is 1. The highest BCUT2D eigenvalue weighted by atomic mass is 16.2. The Balaban J connectivity index is 2.04. The summed E-state index contributed by atoms with van der Waals surface area (Å²) in [7, 11) is 1.90. The second-order valence-corrected chi connectivity index (χ2v) is 5.86. The summed E-state index contributed by atoms with van der Waals surface area (Å²) in [5, 5.41) is 10.6. The average Bonchev–Trinajstić information content (AvgIpc) is 2.96. The van der Waals surface area contributed by atoms with E-state index in [9.17, 15) is 4.79 Å². The van der Waals surface area contributed by atoms with E-state index in [-0.39, 0.29) is 23.8 Å². The molecule has 0 spiro atoms. The summed E-state index contributed by atoms with van der Waals surface area (Å²) < 4.78 is 1.79. The number of hydrogen-bond acceptors (Lipinski definition) is 3. The summed E-state index contributed by atoms with van der Waals surface area (Å²) >= 11 is 0. The van der Waals surface area contributed by atoms with E-state index in [0.29, 0.717) is 5.92 Å². The maximum atomic E-state index is 12.4. The molecule has 5 heteroatoms. The smallest absolute Gasteiger partial charge is 0.225 e. The Hall–Kier alpha value is -1.36. The number of carbonyl (C=O) groups is 1. The van der Waals surface area contributed by atoms with Crippen LogP contribution in [-0.2, 0) is 11.8 Å². The zero-order valence-corrected chi connectivity index (χ0v) is 12.2. The van der Waals surface area contributed by atoms with Gasteiger partial charge in [0.05, 0.1) is 12.1 Å². The lowest BCUT2D eigenvalue weighted by Gasteiger charge is -2.22. The SMILES string of the molecule is CC(C)C(C)NC(=O)[C@H]1CNC[C@@H]1c1cnn(C)c1. The maximum absolute atomic E-state index is 12.4. The molecule has 2 heterocycles. The molecule has 106 valence electrons. The topological polar surface area (TPSA) is 59.0 Å². The molecule has 1 aliphatic rings. The van der Waals surface area contributed by atoms with Gasteiger partial charge in [0.2, 0.25) is 5.91 Å². The molecular formula is C14H24N4O. The molecule has 1 aliphatic heterocycles. The lowest BCUT2D eigenvalue weighted by atomic mass is 9.89. The van der Waals surface area contributed by atoms with Crippen molar-refractivity contribution >= 4 is 5.91 Å². The van der Waals surface area contributed by atoms with Gasteiger partial charge in [0.1, 0.15) is 0 Å². The fraction of sp³-hybridized carbons (Fsp3) is 0.714. The van der Waals surface area contributed by atoms with E-state index >= 15 is 0 Å². The molecule has 0 saturated carbocycles. The van der Waals surface area contributed by atoms with Crippen molar-refractivity contribution in [3.8, 4) is 0 Å². The average molecular weight is 264 g/mol. The van der Waals surface area contributed by atoms with E-state index in [2.05, 4.69) is 36.5 Å². The van der Waals surface area contributed by atoms with Crippen LogP contribution in [0.15, 0.2) is 12.4 Å². The van der Waals surface area contributed by atoms with Crippen LogP contribution in [-0.4, -0.2) is 34.8 Å². The van der Waals surface area contributed by atoms with Crippen molar-refractivity contribution in [2.24, 2.45) is 18.9 Å². The highest BCUT2D eigenvalue weighted by molar-refractivity contribution is 5.80. The van der Waals surface area contributed by atoms with E-state index in [1.165, 1.54) is 0 Å². The van der Waals surface area contributed by atoms with Crippen molar-refractivity contribution in [1.29, 1.82) is 0 Å². The van der Waals surface area contributed by atoms with Crippen molar-refractivity contribution in [2.75, 3.05) is 13.1 Å². The Morgan fingerprint density at radius 3 is 2.79 bits per heavy atom. The summed E-state index contributed by atoms with van der Waals surface area (Å²) in [4.78, 5) is 12.4. The summed E-state index contributed by atoms with van der Waals surface area (Å²) in [6.45, 7) is 7.90. The number of aromatic nitrogens is 2. The van der Waals surface area contributed by atoms with Crippen LogP contribution in [0.2, 0.25) is 0 Å². The summed E-state index contributed by atoms with van der Waals surface area (Å²) in [5.74, 6) is 0.841. The Morgan fingerprint density at radius 1 is 1.47 bits per heavy atom. The molecule has 1 unspecified atom stereocenters. The second-order valence-electron chi connectivity index (χ2n) is 5.86. The van der Waals surface area contributed by atoms with Crippen LogP contribution >= 0.6 is 0 Å². The number of nitrogens with one attached hydrogen (secondary N) is 2. The molecular weight excluding hydrogens is 240 g/mol. The van der Waals surface area contributed by atoms with Crippen LogP contribution < -0.4 is 10.6 Å². The number of hydrogen-bond donors (Lipinski definition) is 2. The zero-order valence-electron chi connectivity index (χ0n) is 12.2. The minimum absolute atomic E-state index is 0.00500. The molecule has 2 rings (SSSR count). The molecule has 1 fully saturated rings. The van der Waals surface area contributed by atoms with Crippen molar-refractivity contribution < 1.29 is 4.79 Å². The van der Waals surface area contributed by atoms with Crippen molar-refractivity contribution in [2.45, 2.75) is 32.7 Å². The lowest BCUT2D eigenvalue weighted by Crippen LogP contribution is -2.41. The van der Waals surface area contributed by atoms with Gasteiger partial charge in [-0.25, -0.2) is 0 Å². The van der Waals surface area contributed by atoms with Crippen LogP contribution in [0.4, 0.5) is 0 Å². The quantitative estimate of drug-likeness (QED) is 0.849. The molecule has 1 aromatic rings. The molecule has 0 aliphatic carbocycles. The molecule has 1 aromatic heterocycles.